The van der Waals surface area contributed by atoms with Gasteiger partial charge in [0, 0.05) is 43.9 Å². The van der Waals surface area contributed by atoms with E-state index in [4.69, 9.17) is 9.72 Å². The highest BCUT2D eigenvalue weighted by atomic mass is 32.2. The summed E-state index contributed by atoms with van der Waals surface area (Å²) < 4.78 is 7.29. The Morgan fingerprint density at radius 2 is 1.85 bits per heavy atom. The van der Waals surface area contributed by atoms with Gasteiger partial charge >= 0.3 is 6.09 Å². The molecule has 8 heteroatoms. The van der Waals surface area contributed by atoms with E-state index in [1.54, 1.807) is 11.8 Å². The van der Waals surface area contributed by atoms with Gasteiger partial charge in [-0.2, -0.15) is 0 Å². The highest BCUT2D eigenvalue weighted by Crippen LogP contribution is 2.31. The summed E-state index contributed by atoms with van der Waals surface area (Å²) in [5, 5.41) is 3.72. The highest BCUT2D eigenvalue weighted by molar-refractivity contribution is 7.99. The van der Waals surface area contributed by atoms with Gasteiger partial charge in [0.05, 0.1) is 11.7 Å². The van der Waals surface area contributed by atoms with Gasteiger partial charge in [0.25, 0.3) is 5.56 Å². The molecule has 0 fully saturated rings. The lowest BCUT2D eigenvalue weighted by Gasteiger charge is -2.33. The number of amides is 1. The first-order valence-electron chi connectivity index (χ1n) is 14.7. The van der Waals surface area contributed by atoms with Gasteiger partial charge in [0.15, 0.2) is 5.16 Å². The third kappa shape index (κ3) is 8.69. The number of hydrogen-bond acceptors (Lipinski definition) is 6. The summed E-state index contributed by atoms with van der Waals surface area (Å²) in [5.74, 6) is 0.976. The Bertz CT molecular complexity index is 1350. The fraction of sp³-hybridized carbons (Fsp3) is 0.485. The number of nitrogens with zero attached hydrogens (tertiary/aromatic N) is 3. The van der Waals surface area contributed by atoms with Crippen LogP contribution in [-0.4, -0.2) is 45.0 Å². The van der Waals surface area contributed by atoms with Crippen molar-refractivity contribution in [3.8, 4) is 0 Å². The Morgan fingerprint density at radius 3 is 2.54 bits per heavy atom. The van der Waals surface area contributed by atoms with Gasteiger partial charge in [0.2, 0.25) is 0 Å². The van der Waals surface area contributed by atoms with Crippen molar-refractivity contribution in [3.63, 3.8) is 0 Å². The quantitative estimate of drug-likeness (QED) is 0.207. The van der Waals surface area contributed by atoms with E-state index in [9.17, 15) is 9.59 Å². The van der Waals surface area contributed by atoms with E-state index >= 15 is 0 Å². The Labute approximate surface area is 248 Å². The van der Waals surface area contributed by atoms with Gasteiger partial charge in [-0.05, 0) is 58.1 Å². The van der Waals surface area contributed by atoms with Crippen LogP contribution in [0.4, 0.5) is 4.79 Å². The van der Waals surface area contributed by atoms with Crippen molar-refractivity contribution in [1.82, 2.24) is 19.8 Å². The maximum absolute atomic E-state index is 14.0. The predicted octanol–water partition coefficient (Wildman–Crippen LogP) is 6.51. The zero-order valence-electron chi connectivity index (χ0n) is 25.1. The monoisotopic (exact) mass is 576 g/mol. The van der Waals surface area contributed by atoms with Crippen molar-refractivity contribution in [3.05, 3.63) is 92.9 Å². The molecule has 0 saturated heterocycles. The smallest absolute Gasteiger partial charge is 0.407 e. The molecule has 4 rings (SSSR count). The Hall–Kier alpha value is -3.10. The molecule has 7 nitrogen and oxygen atoms in total. The third-order valence-corrected chi connectivity index (χ3v) is 8.24. The number of ether oxygens (including phenoxy) is 1. The first kappa shape index (κ1) is 30.8. The molecule has 1 unspecified atom stereocenters. The zero-order valence-corrected chi connectivity index (χ0v) is 25.9. The average Bonchev–Trinajstić information content (AvgIpc) is 2.94. The molecular weight excluding hydrogens is 532 g/mol. The van der Waals surface area contributed by atoms with Gasteiger partial charge in [0.1, 0.15) is 5.60 Å². The number of aromatic nitrogens is 2. The lowest BCUT2D eigenvalue weighted by atomic mass is 9.97. The number of hydrogen-bond donors (Lipinski definition) is 1. The van der Waals surface area contributed by atoms with Crippen LogP contribution in [0, 0.1) is 6.92 Å². The fourth-order valence-corrected chi connectivity index (χ4v) is 6.16. The summed E-state index contributed by atoms with van der Waals surface area (Å²) in [6.07, 6.45) is 2.69. The summed E-state index contributed by atoms with van der Waals surface area (Å²) in [4.78, 5) is 33.8. The van der Waals surface area contributed by atoms with Crippen LogP contribution in [0.15, 0.2) is 64.5 Å². The molecule has 0 saturated carbocycles. The Morgan fingerprint density at radius 1 is 1.12 bits per heavy atom. The lowest BCUT2D eigenvalue weighted by Crippen LogP contribution is -2.37. The molecule has 0 aliphatic carbocycles. The van der Waals surface area contributed by atoms with Crippen molar-refractivity contribution < 1.29 is 9.53 Å². The molecule has 1 atom stereocenters. The normalized spacial score (nSPS) is 14.0. The summed E-state index contributed by atoms with van der Waals surface area (Å²) >= 11 is 1.68. The molecule has 3 aromatic rings. The minimum absolute atomic E-state index is 0.0438. The molecule has 1 aliphatic heterocycles. The molecule has 1 aliphatic rings. The fourth-order valence-electron chi connectivity index (χ4n) is 5.21. The number of thioether (sulfide) groups is 1. The second kappa shape index (κ2) is 14.2. The van der Waals surface area contributed by atoms with Gasteiger partial charge in [-0.1, -0.05) is 78.8 Å². The van der Waals surface area contributed by atoms with Gasteiger partial charge < -0.3 is 10.1 Å². The summed E-state index contributed by atoms with van der Waals surface area (Å²) in [6.45, 7) is 12.5. The van der Waals surface area contributed by atoms with Crippen molar-refractivity contribution in [2.75, 3.05) is 18.8 Å². The van der Waals surface area contributed by atoms with Crippen molar-refractivity contribution in [1.29, 1.82) is 0 Å². The van der Waals surface area contributed by atoms with Crippen molar-refractivity contribution in [2.24, 2.45) is 0 Å². The van der Waals surface area contributed by atoms with Crippen LogP contribution in [0.3, 0.4) is 0 Å². The van der Waals surface area contributed by atoms with E-state index in [1.807, 2.05) is 43.5 Å². The number of carbonyl (C=O) groups is 1. The number of alkyl carbamates (subject to hydrolysis) is 1. The number of fused-ring (bicyclic) bond motifs is 1. The second-order valence-corrected chi connectivity index (χ2v) is 12.8. The maximum atomic E-state index is 14.0. The van der Waals surface area contributed by atoms with Crippen LogP contribution in [0.5, 0.6) is 0 Å². The summed E-state index contributed by atoms with van der Waals surface area (Å²) in [6, 6.07) is 18.8. The maximum Gasteiger partial charge on any atom is 0.407 e. The van der Waals surface area contributed by atoms with Crippen LogP contribution in [0.2, 0.25) is 0 Å². The Balaban J connectivity index is 1.66. The van der Waals surface area contributed by atoms with Crippen molar-refractivity contribution >= 4 is 17.9 Å². The number of rotatable bonds is 11. The first-order chi connectivity index (χ1) is 19.6. The van der Waals surface area contributed by atoms with Crippen LogP contribution >= 0.6 is 11.8 Å². The molecule has 0 bridgehead atoms. The van der Waals surface area contributed by atoms with Crippen LogP contribution in [0.25, 0.3) is 0 Å². The number of aryl methyl sites for hydroxylation is 1. The number of benzene rings is 2. The topological polar surface area (TPSA) is 76.5 Å². The molecule has 1 aromatic heterocycles. The minimum atomic E-state index is -0.534. The van der Waals surface area contributed by atoms with E-state index < -0.39 is 11.7 Å². The highest BCUT2D eigenvalue weighted by Gasteiger charge is 2.28. The summed E-state index contributed by atoms with van der Waals surface area (Å²) in [7, 11) is 0. The lowest BCUT2D eigenvalue weighted by molar-refractivity contribution is 0.0524. The van der Waals surface area contributed by atoms with Gasteiger partial charge in [-0.3, -0.25) is 14.3 Å². The zero-order chi connectivity index (χ0) is 29.4. The first-order valence-corrected chi connectivity index (χ1v) is 15.7. The summed E-state index contributed by atoms with van der Waals surface area (Å²) in [5.41, 5.74) is 4.76. The molecule has 220 valence electrons. The van der Waals surface area contributed by atoms with Gasteiger partial charge in [-0.25, -0.2) is 9.78 Å². The van der Waals surface area contributed by atoms with E-state index in [2.05, 4.69) is 60.5 Å². The van der Waals surface area contributed by atoms with E-state index in [1.165, 1.54) is 11.1 Å². The van der Waals surface area contributed by atoms with Gasteiger partial charge in [-0.15, -0.1) is 0 Å². The van der Waals surface area contributed by atoms with Crippen LogP contribution in [-0.2, 0) is 24.2 Å². The number of nitrogens with one attached hydrogen (secondary N) is 1. The van der Waals surface area contributed by atoms with E-state index in [0.717, 1.165) is 66.6 Å². The molecule has 2 aromatic carbocycles. The van der Waals surface area contributed by atoms with Crippen LogP contribution in [0.1, 0.15) is 80.9 Å². The molecule has 0 spiro atoms. The second-order valence-electron chi connectivity index (χ2n) is 11.7. The largest absolute Gasteiger partial charge is 0.444 e. The van der Waals surface area contributed by atoms with Crippen molar-refractivity contribution in [2.45, 2.75) is 90.2 Å². The SMILES string of the molecule is CCC(c1nc2n(c(=O)c1Cc1ccccc1)CCCS2)N(CCCNC(=O)OC(C)(C)C)Cc1ccc(C)cc1. The van der Waals surface area contributed by atoms with E-state index in [0.29, 0.717) is 13.0 Å². The molecule has 1 amide bonds. The molecule has 41 heavy (non-hydrogen) atoms. The minimum Gasteiger partial charge on any atom is -0.444 e. The Kier molecular flexibility index (Phi) is 10.7. The molecule has 1 N–H and O–H groups in total. The molecule has 2 heterocycles. The standard InChI is InChI=1S/C33H44N4O3S/c1-6-28(29-27(22-25-12-8-7-9-13-25)30(38)37-20-11-21-41-31(37)35-29)36(23-26-16-14-24(2)15-17-26)19-10-18-34-32(39)40-33(3,4)5/h7-9,12-17,28H,6,10-11,18-23H2,1-5H3,(H,34,39). The molecule has 0 radical (unpaired) electrons. The van der Waals surface area contributed by atoms with Crippen LogP contribution < -0.4 is 10.9 Å². The number of carbonyl (C=O) groups excluding carboxylic acids is 1. The predicted molar refractivity (Wildman–Crippen MR) is 167 cm³/mol. The average molecular weight is 577 g/mol. The molecular formula is C33H44N4O3S. The third-order valence-electron chi connectivity index (χ3n) is 7.18. The van der Waals surface area contributed by atoms with E-state index in [-0.39, 0.29) is 11.6 Å².